The van der Waals surface area contributed by atoms with Gasteiger partial charge < -0.3 is 15.0 Å². The molecule has 0 aliphatic heterocycles. The Bertz CT molecular complexity index is 629. The van der Waals surface area contributed by atoms with E-state index in [1.54, 1.807) is 0 Å². The highest BCUT2D eigenvalue weighted by Crippen LogP contribution is 2.07. The number of nitrogens with zero attached hydrogens (tertiary/aromatic N) is 4. The van der Waals surface area contributed by atoms with Crippen molar-refractivity contribution in [2.45, 2.75) is 20.4 Å². The molecule has 1 N–H and O–H groups in total. The molecular formula is C18H28IN5O. The largest absolute Gasteiger partial charge is 0.492 e. The van der Waals surface area contributed by atoms with Gasteiger partial charge in [-0.15, -0.1) is 24.0 Å². The highest BCUT2D eigenvalue weighted by atomic mass is 127. The first-order valence-electron chi connectivity index (χ1n) is 8.35. The fraction of sp³-hybridized carbons (Fsp3) is 0.444. The highest BCUT2D eigenvalue weighted by Gasteiger charge is 2.05. The minimum atomic E-state index is 0. The molecule has 138 valence electrons. The molecule has 0 amide bonds. The maximum atomic E-state index is 5.74. The van der Waals surface area contributed by atoms with E-state index in [1.807, 2.05) is 61.4 Å². The number of ether oxygens (including phenoxy) is 1. The Morgan fingerprint density at radius 3 is 2.72 bits per heavy atom. The third kappa shape index (κ3) is 7.76. The fourth-order valence-corrected chi connectivity index (χ4v) is 2.24. The van der Waals surface area contributed by atoms with Gasteiger partial charge in [0.25, 0.3) is 0 Å². The number of hydrogen-bond donors (Lipinski definition) is 1. The van der Waals surface area contributed by atoms with Crippen LogP contribution in [0.1, 0.15) is 12.5 Å². The van der Waals surface area contributed by atoms with Crippen molar-refractivity contribution in [3.8, 4) is 5.75 Å². The van der Waals surface area contributed by atoms with E-state index in [0.717, 1.165) is 31.3 Å². The number of benzene rings is 1. The third-order valence-electron chi connectivity index (χ3n) is 3.49. The number of aromatic nitrogens is 2. The zero-order valence-electron chi connectivity index (χ0n) is 15.2. The van der Waals surface area contributed by atoms with Gasteiger partial charge in [-0.25, -0.2) is 0 Å². The van der Waals surface area contributed by atoms with E-state index >= 15 is 0 Å². The van der Waals surface area contributed by atoms with Crippen LogP contribution in [0.15, 0.2) is 47.7 Å². The van der Waals surface area contributed by atoms with Crippen LogP contribution in [0.2, 0.25) is 0 Å². The average Bonchev–Trinajstić information content (AvgIpc) is 3.00. The second-order valence-electron chi connectivity index (χ2n) is 5.60. The third-order valence-corrected chi connectivity index (χ3v) is 3.49. The molecule has 1 aromatic carbocycles. The summed E-state index contributed by atoms with van der Waals surface area (Å²) in [5.41, 5.74) is 1.17. The number of para-hydroxylation sites is 1. The Kier molecular flexibility index (Phi) is 9.98. The molecular weight excluding hydrogens is 429 g/mol. The van der Waals surface area contributed by atoms with Crippen LogP contribution in [0.25, 0.3) is 0 Å². The lowest BCUT2D eigenvalue weighted by Crippen LogP contribution is -2.41. The van der Waals surface area contributed by atoms with Gasteiger partial charge in [-0.2, -0.15) is 5.10 Å². The van der Waals surface area contributed by atoms with Crippen molar-refractivity contribution in [1.82, 2.24) is 20.0 Å². The van der Waals surface area contributed by atoms with Crippen molar-refractivity contribution in [3.63, 3.8) is 0 Å². The summed E-state index contributed by atoms with van der Waals surface area (Å²) in [4.78, 5) is 6.74. The molecule has 6 nitrogen and oxygen atoms in total. The van der Waals surface area contributed by atoms with Gasteiger partial charge in [-0.3, -0.25) is 9.67 Å². The average molecular weight is 457 g/mol. The zero-order chi connectivity index (χ0) is 17.2. The summed E-state index contributed by atoms with van der Waals surface area (Å²) < 4.78 is 7.66. The highest BCUT2D eigenvalue weighted by molar-refractivity contribution is 14.0. The van der Waals surface area contributed by atoms with E-state index in [9.17, 15) is 0 Å². The number of likely N-dealkylation sites (N-methyl/N-ethyl adjacent to an activating group) is 1. The van der Waals surface area contributed by atoms with Gasteiger partial charge in [0, 0.05) is 19.8 Å². The van der Waals surface area contributed by atoms with E-state index in [-0.39, 0.29) is 24.0 Å². The van der Waals surface area contributed by atoms with Crippen molar-refractivity contribution in [2.24, 2.45) is 4.99 Å². The predicted molar refractivity (Wildman–Crippen MR) is 113 cm³/mol. The first-order valence-corrected chi connectivity index (χ1v) is 8.35. The van der Waals surface area contributed by atoms with E-state index in [4.69, 9.17) is 4.74 Å². The molecule has 0 aliphatic rings. The Labute approximate surface area is 167 Å². The lowest BCUT2D eigenvalue weighted by atomic mass is 10.3. The lowest BCUT2D eigenvalue weighted by Gasteiger charge is -2.22. The Hall–Kier alpha value is -1.77. The SMILES string of the molecule is CCNC(=NCCn1cc(C)cn1)N(C)CCOc1ccccc1.I. The maximum Gasteiger partial charge on any atom is 0.193 e. The van der Waals surface area contributed by atoms with Gasteiger partial charge >= 0.3 is 0 Å². The molecule has 2 aromatic rings. The molecule has 7 heteroatoms. The number of aliphatic imine (C=N–C) groups is 1. The first kappa shape index (κ1) is 21.3. The monoisotopic (exact) mass is 457 g/mol. The number of hydrogen-bond acceptors (Lipinski definition) is 3. The molecule has 0 fully saturated rings. The van der Waals surface area contributed by atoms with Gasteiger partial charge in [0.15, 0.2) is 5.96 Å². The van der Waals surface area contributed by atoms with Gasteiger partial charge in [0.05, 0.1) is 25.8 Å². The normalized spacial score (nSPS) is 10.9. The second kappa shape index (κ2) is 11.7. The molecule has 0 bridgehead atoms. The van der Waals surface area contributed by atoms with Crippen molar-refractivity contribution in [1.29, 1.82) is 0 Å². The van der Waals surface area contributed by atoms with Crippen LogP contribution in [0.3, 0.4) is 0 Å². The van der Waals surface area contributed by atoms with Crippen LogP contribution in [-0.2, 0) is 6.54 Å². The molecule has 0 radical (unpaired) electrons. The standard InChI is InChI=1S/C18H27N5O.HI/c1-4-19-18(20-10-11-23-15-16(2)14-21-23)22(3)12-13-24-17-8-6-5-7-9-17;/h5-9,14-15H,4,10-13H2,1-3H3,(H,19,20);1H. The number of rotatable bonds is 8. The molecule has 0 aliphatic carbocycles. The summed E-state index contributed by atoms with van der Waals surface area (Å²) in [5, 5.41) is 7.59. The van der Waals surface area contributed by atoms with Gasteiger partial charge in [0.2, 0.25) is 0 Å². The second-order valence-corrected chi connectivity index (χ2v) is 5.60. The summed E-state index contributed by atoms with van der Waals surface area (Å²) in [6, 6.07) is 9.86. The van der Waals surface area contributed by atoms with Crippen molar-refractivity contribution < 1.29 is 4.74 Å². The van der Waals surface area contributed by atoms with E-state index in [2.05, 4.69) is 27.2 Å². The summed E-state index contributed by atoms with van der Waals surface area (Å²) in [6.07, 6.45) is 3.89. The predicted octanol–water partition coefficient (Wildman–Crippen LogP) is 2.79. The van der Waals surface area contributed by atoms with Crippen molar-refractivity contribution in [2.75, 3.05) is 33.3 Å². The number of aryl methyl sites for hydroxylation is 1. The molecule has 0 saturated carbocycles. The minimum Gasteiger partial charge on any atom is -0.492 e. The number of halogens is 1. The molecule has 0 saturated heterocycles. The van der Waals surface area contributed by atoms with Crippen LogP contribution in [0.5, 0.6) is 5.75 Å². The first-order chi connectivity index (χ1) is 11.7. The molecule has 1 aromatic heterocycles. The molecule has 0 atom stereocenters. The zero-order valence-corrected chi connectivity index (χ0v) is 17.5. The molecule has 1 heterocycles. The lowest BCUT2D eigenvalue weighted by molar-refractivity contribution is 0.281. The van der Waals surface area contributed by atoms with Crippen LogP contribution in [-0.4, -0.2) is 53.9 Å². The quantitative estimate of drug-likeness (QED) is 0.377. The van der Waals surface area contributed by atoms with Crippen LogP contribution in [0, 0.1) is 6.92 Å². The summed E-state index contributed by atoms with van der Waals surface area (Å²) >= 11 is 0. The molecule has 0 unspecified atom stereocenters. The maximum absolute atomic E-state index is 5.74. The summed E-state index contributed by atoms with van der Waals surface area (Å²) in [6.45, 7) is 7.79. The summed E-state index contributed by atoms with van der Waals surface area (Å²) in [5.74, 6) is 1.78. The van der Waals surface area contributed by atoms with E-state index < -0.39 is 0 Å². The number of nitrogens with one attached hydrogen (secondary N) is 1. The van der Waals surface area contributed by atoms with Crippen LogP contribution in [0.4, 0.5) is 0 Å². The van der Waals surface area contributed by atoms with Crippen LogP contribution < -0.4 is 10.1 Å². The fourth-order valence-electron chi connectivity index (χ4n) is 2.24. The molecule has 0 spiro atoms. The smallest absolute Gasteiger partial charge is 0.193 e. The van der Waals surface area contributed by atoms with E-state index in [1.165, 1.54) is 5.56 Å². The minimum absolute atomic E-state index is 0. The Morgan fingerprint density at radius 1 is 1.32 bits per heavy atom. The van der Waals surface area contributed by atoms with Crippen molar-refractivity contribution >= 4 is 29.9 Å². The van der Waals surface area contributed by atoms with E-state index in [0.29, 0.717) is 13.2 Å². The molecule has 25 heavy (non-hydrogen) atoms. The van der Waals surface area contributed by atoms with Crippen LogP contribution >= 0.6 is 24.0 Å². The van der Waals surface area contributed by atoms with Gasteiger partial charge in [-0.1, -0.05) is 18.2 Å². The molecule has 2 rings (SSSR count). The van der Waals surface area contributed by atoms with Gasteiger partial charge in [-0.05, 0) is 31.5 Å². The van der Waals surface area contributed by atoms with Gasteiger partial charge in [0.1, 0.15) is 12.4 Å². The Morgan fingerprint density at radius 2 is 2.08 bits per heavy atom. The van der Waals surface area contributed by atoms with Crippen molar-refractivity contribution in [3.05, 3.63) is 48.3 Å². The Balaban J connectivity index is 0.00000312. The number of guanidine groups is 1. The summed E-state index contributed by atoms with van der Waals surface area (Å²) in [7, 11) is 2.02. The topological polar surface area (TPSA) is 54.7 Å².